The van der Waals surface area contributed by atoms with E-state index in [-0.39, 0.29) is 5.41 Å². The number of hydrogen-bond acceptors (Lipinski definition) is 3. The SMILES string of the molecule is COc1ccc(COc2ccc(C(=O)O)c(C)c2)cc1C12CC3CC(CC(C3)C1)C2. The standard InChI is InChI=1S/C26H30O4/c1-16-7-21(4-5-22(16)25(27)28)30-15-17-3-6-24(29-2)23(11-17)26-12-18-8-19(13-26)10-20(9-18)14-26/h3-7,11,18-20H,8-10,12-15H2,1-2H3,(H,27,28). The zero-order chi connectivity index (χ0) is 20.9. The van der Waals surface area contributed by atoms with E-state index < -0.39 is 5.97 Å². The summed E-state index contributed by atoms with van der Waals surface area (Å²) < 4.78 is 11.8. The van der Waals surface area contributed by atoms with Gasteiger partial charge in [0.1, 0.15) is 18.1 Å². The van der Waals surface area contributed by atoms with Crippen LogP contribution in [0.4, 0.5) is 0 Å². The Morgan fingerprint density at radius 3 is 2.27 bits per heavy atom. The van der Waals surface area contributed by atoms with E-state index in [1.807, 2.05) is 0 Å². The molecule has 4 bridgehead atoms. The molecule has 0 spiro atoms. The van der Waals surface area contributed by atoms with Gasteiger partial charge in [-0.15, -0.1) is 0 Å². The van der Waals surface area contributed by atoms with Crippen molar-refractivity contribution in [1.29, 1.82) is 0 Å². The molecule has 1 N–H and O–H groups in total. The molecule has 4 aliphatic rings. The monoisotopic (exact) mass is 406 g/mol. The summed E-state index contributed by atoms with van der Waals surface area (Å²) in [5.41, 5.74) is 3.82. The number of ether oxygens (including phenoxy) is 2. The van der Waals surface area contributed by atoms with Crippen molar-refractivity contribution >= 4 is 5.97 Å². The number of rotatable bonds is 6. The van der Waals surface area contributed by atoms with Gasteiger partial charge in [-0.2, -0.15) is 0 Å². The Bertz CT molecular complexity index is 942. The van der Waals surface area contributed by atoms with Crippen LogP contribution in [0.15, 0.2) is 36.4 Å². The molecule has 30 heavy (non-hydrogen) atoms. The van der Waals surface area contributed by atoms with E-state index in [4.69, 9.17) is 9.47 Å². The first-order chi connectivity index (χ1) is 14.5. The molecular formula is C26H30O4. The smallest absolute Gasteiger partial charge is 0.335 e. The minimum Gasteiger partial charge on any atom is -0.496 e. The maximum absolute atomic E-state index is 11.2. The van der Waals surface area contributed by atoms with Gasteiger partial charge in [0.2, 0.25) is 0 Å². The summed E-state index contributed by atoms with van der Waals surface area (Å²) in [5.74, 6) is 3.46. The predicted molar refractivity (Wildman–Crippen MR) is 115 cm³/mol. The van der Waals surface area contributed by atoms with Gasteiger partial charge in [0.25, 0.3) is 0 Å². The zero-order valence-corrected chi connectivity index (χ0v) is 17.8. The number of methoxy groups -OCH3 is 1. The third-order valence-corrected chi connectivity index (χ3v) is 7.71. The summed E-state index contributed by atoms with van der Waals surface area (Å²) in [6.45, 7) is 2.27. The zero-order valence-electron chi connectivity index (χ0n) is 17.8. The average Bonchev–Trinajstić information content (AvgIpc) is 2.71. The number of hydrogen-bond donors (Lipinski definition) is 1. The number of benzene rings is 2. The number of carbonyl (C=O) groups is 1. The third kappa shape index (κ3) is 3.36. The van der Waals surface area contributed by atoms with Crippen molar-refractivity contribution in [2.24, 2.45) is 17.8 Å². The van der Waals surface area contributed by atoms with Crippen molar-refractivity contribution in [2.45, 2.75) is 57.5 Å². The van der Waals surface area contributed by atoms with Crippen LogP contribution in [0, 0.1) is 24.7 Å². The van der Waals surface area contributed by atoms with Crippen LogP contribution in [0.3, 0.4) is 0 Å². The van der Waals surface area contributed by atoms with Crippen molar-refractivity contribution in [3.8, 4) is 11.5 Å². The van der Waals surface area contributed by atoms with E-state index in [2.05, 4.69) is 18.2 Å². The number of carboxylic acid groups (broad SMARTS) is 1. The molecule has 4 fully saturated rings. The van der Waals surface area contributed by atoms with Crippen LogP contribution in [-0.4, -0.2) is 18.2 Å². The van der Waals surface area contributed by atoms with Crippen molar-refractivity contribution in [3.05, 3.63) is 58.7 Å². The van der Waals surface area contributed by atoms with Gasteiger partial charge in [0, 0.05) is 5.56 Å². The molecule has 0 aliphatic heterocycles. The van der Waals surface area contributed by atoms with Gasteiger partial charge in [0.15, 0.2) is 0 Å². The van der Waals surface area contributed by atoms with Crippen LogP contribution in [0.2, 0.25) is 0 Å². The van der Waals surface area contributed by atoms with Crippen LogP contribution in [0.1, 0.15) is 65.6 Å². The summed E-state index contributed by atoms with van der Waals surface area (Å²) in [7, 11) is 1.78. The van der Waals surface area contributed by atoms with Crippen molar-refractivity contribution < 1.29 is 19.4 Å². The van der Waals surface area contributed by atoms with Crippen molar-refractivity contribution in [2.75, 3.05) is 7.11 Å². The summed E-state index contributed by atoms with van der Waals surface area (Å²) >= 11 is 0. The van der Waals surface area contributed by atoms with Crippen molar-refractivity contribution in [1.82, 2.24) is 0 Å². The summed E-state index contributed by atoms with van der Waals surface area (Å²) in [4.78, 5) is 11.2. The minimum atomic E-state index is -0.908. The average molecular weight is 407 g/mol. The Morgan fingerprint density at radius 1 is 1.03 bits per heavy atom. The quantitative estimate of drug-likeness (QED) is 0.664. The fourth-order valence-electron chi connectivity index (χ4n) is 6.83. The molecule has 0 atom stereocenters. The Kier molecular flexibility index (Phi) is 4.76. The van der Waals surface area contributed by atoms with E-state index in [0.717, 1.165) is 29.1 Å². The minimum absolute atomic E-state index is 0.274. The second-order valence-corrected chi connectivity index (χ2v) is 9.80. The molecule has 0 radical (unpaired) electrons. The first-order valence-electron chi connectivity index (χ1n) is 11.1. The van der Waals surface area contributed by atoms with Gasteiger partial charge in [-0.25, -0.2) is 4.79 Å². The molecule has 4 aliphatic carbocycles. The highest BCUT2D eigenvalue weighted by Crippen LogP contribution is 2.61. The molecule has 158 valence electrons. The number of aromatic carboxylic acids is 1. The molecule has 2 aromatic carbocycles. The molecular weight excluding hydrogens is 376 g/mol. The normalized spacial score (nSPS) is 29.1. The van der Waals surface area contributed by atoms with Crippen LogP contribution >= 0.6 is 0 Å². The van der Waals surface area contributed by atoms with Gasteiger partial charge in [0.05, 0.1) is 12.7 Å². The van der Waals surface area contributed by atoms with Gasteiger partial charge in [-0.3, -0.25) is 0 Å². The highest BCUT2D eigenvalue weighted by atomic mass is 16.5. The fourth-order valence-corrected chi connectivity index (χ4v) is 6.83. The third-order valence-electron chi connectivity index (χ3n) is 7.71. The lowest BCUT2D eigenvalue weighted by atomic mass is 9.48. The van der Waals surface area contributed by atoms with Gasteiger partial charge in [-0.05, 0) is 110 Å². The molecule has 2 aromatic rings. The largest absolute Gasteiger partial charge is 0.496 e. The highest BCUT2D eigenvalue weighted by molar-refractivity contribution is 5.89. The first kappa shape index (κ1) is 19.5. The van der Waals surface area contributed by atoms with E-state index in [1.165, 1.54) is 44.1 Å². The molecule has 0 saturated heterocycles. The Balaban J connectivity index is 1.39. The van der Waals surface area contributed by atoms with E-state index in [1.54, 1.807) is 32.2 Å². The van der Waals surface area contributed by atoms with E-state index in [0.29, 0.717) is 23.5 Å². The Hall–Kier alpha value is -2.49. The number of carboxylic acids is 1. The van der Waals surface area contributed by atoms with Crippen LogP contribution < -0.4 is 9.47 Å². The van der Waals surface area contributed by atoms with Gasteiger partial charge in [-0.1, -0.05) is 6.07 Å². The van der Waals surface area contributed by atoms with E-state index in [9.17, 15) is 9.90 Å². The lowest BCUT2D eigenvalue weighted by molar-refractivity contribution is -0.00621. The van der Waals surface area contributed by atoms with Crippen molar-refractivity contribution in [3.63, 3.8) is 0 Å². The number of aryl methyl sites for hydroxylation is 1. The summed E-state index contributed by atoms with van der Waals surface area (Å²) in [5, 5.41) is 9.21. The molecule has 4 heteroatoms. The second kappa shape index (κ2) is 7.33. The van der Waals surface area contributed by atoms with Crippen LogP contribution in [0.25, 0.3) is 0 Å². The molecule has 0 unspecified atom stereocenters. The van der Waals surface area contributed by atoms with Crippen LogP contribution in [0.5, 0.6) is 11.5 Å². The molecule has 6 rings (SSSR count). The van der Waals surface area contributed by atoms with Gasteiger partial charge < -0.3 is 14.6 Å². The summed E-state index contributed by atoms with van der Waals surface area (Å²) in [6.07, 6.45) is 8.18. The van der Waals surface area contributed by atoms with Crippen LogP contribution in [-0.2, 0) is 12.0 Å². The second-order valence-electron chi connectivity index (χ2n) is 9.80. The predicted octanol–water partition coefficient (Wildman–Crippen LogP) is 5.75. The first-order valence-corrected chi connectivity index (χ1v) is 11.1. The maximum atomic E-state index is 11.2. The Morgan fingerprint density at radius 2 is 1.70 bits per heavy atom. The highest BCUT2D eigenvalue weighted by Gasteiger charge is 2.52. The maximum Gasteiger partial charge on any atom is 0.335 e. The topological polar surface area (TPSA) is 55.8 Å². The lowest BCUT2D eigenvalue weighted by Gasteiger charge is -2.57. The molecule has 0 heterocycles. The fraction of sp³-hybridized carbons (Fsp3) is 0.500. The van der Waals surface area contributed by atoms with E-state index >= 15 is 0 Å². The molecule has 4 nitrogen and oxygen atoms in total. The molecule has 4 saturated carbocycles. The molecule has 0 amide bonds. The Labute approximate surface area is 178 Å². The van der Waals surface area contributed by atoms with Gasteiger partial charge >= 0.3 is 5.97 Å². The molecule has 0 aromatic heterocycles. The summed E-state index contributed by atoms with van der Waals surface area (Å²) in [6, 6.07) is 11.6. The lowest BCUT2D eigenvalue weighted by Crippen LogP contribution is -2.48.